The highest BCUT2D eigenvalue weighted by Gasteiger charge is 2.40. The van der Waals surface area contributed by atoms with Crippen molar-refractivity contribution >= 4 is 0 Å². The van der Waals surface area contributed by atoms with Gasteiger partial charge in [-0.2, -0.15) is 4.39 Å². The van der Waals surface area contributed by atoms with Crippen LogP contribution < -0.4 is 5.73 Å². The van der Waals surface area contributed by atoms with Crippen LogP contribution in [0, 0.1) is 11.6 Å². The van der Waals surface area contributed by atoms with E-state index in [1.54, 1.807) is 0 Å². The van der Waals surface area contributed by atoms with Gasteiger partial charge in [-0.05, 0) is 24.5 Å². The Hall–Kier alpha value is -1.16. The summed E-state index contributed by atoms with van der Waals surface area (Å²) in [6.45, 7) is 0.314. The van der Waals surface area contributed by atoms with Crippen LogP contribution in [0.4, 0.5) is 8.78 Å². The Morgan fingerprint density at radius 1 is 1.27 bits per heavy atom. The summed E-state index contributed by atoms with van der Waals surface area (Å²) < 4.78 is 26.7. The number of rotatable bonds is 2. The van der Waals surface area contributed by atoms with Crippen LogP contribution in [0.3, 0.4) is 0 Å². The fourth-order valence-electron chi connectivity index (χ4n) is 2.14. The van der Waals surface area contributed by atoms with Gasteiger partial charge in [0.15, 0.2) is 11.6 Å². The first-order chi connectivity index (χ1) is 7.10. The third-order valence-electron chi connectivity index (χ3n) is 3.33. The molecule has 0 saturated heterocycles. The number of benzene rings is 1. The average molecular weight is 213 g/mol. The topological polar surface area (TPSA) is 46.2 Å². The molecule has 1 aromatic rings. The molecule has 0 radical (unpaired) electrons. The second-order valence-electron chi connectivity index (χ2n) is 4.10. The van der Waals surface area contributed by atoms with Crippen molar-refractivity contribution in [3.05, 3.63) is 29.3 Å². The van der Waals surface area contributed by atoms with Crippen molar-refractivity contribution in [1.29, 1.82) is 0 Å². The zero-order valence-corrected chi connectivity index (χ0v) is 8.26. The van der Waals surface area contributed by atoms with Crippen molar-refractivity contribution in [2.75, 3.05) is 6.54 Å². The standard InChI is InChI=1S/C11H13F2NO/c12-9-7(2-3-8(15)10(9)13)11(6-14)4-1-5-11/h2-3,15H,1,4-6,14H2. The minimum atomic E-state index is -1.17. The highest BCUT2D eigenvalue weighted by atomic mass is 19.2. The minimum absolute atomic E-state index is 0.298. The number of hydrogen-bond acceptors (Lipinski definition) is 2. The number of hydrogen-bond donors (Lipinski definition) is 2. The minimum Gasteiger partial charge on any atom is -0.505 e. The smallest absolute Gasteiger partial charge is 0.200 e. The second-order valence-corrected chi connectivity index (χ2v) is 4.10. The molecule has 0 unspecified atom stereocenters. The summed E-state index contributed by atoms with van der Waals surface area (Å²) in [6.07, 6.45) is 2.55. The quantitative estimate of drug-likeness (QED) is 0.789. The molecule has 1 aliphatic rings. The molecule has 0 bridgehead atoms. The fraction of sp³-hybridized carbons (Fsp3) is 0.455. The van der Waals surface area contributed by atoms with E-state index in [2.05, 4.69) is 0 Å². The first kappa shape index (κ1) is 10.4. The molecule has 3 N–H and O–H groups in total. The molecular formula is C11H13F2NO. The average Bonchev–Trinajstić information content (AvgIpc) is 2.17. The van der Waals surface area contributed by atoms with E-state index < -0.39 is 22.8 Å². The zero-order chi connectivity index (χ0) is 11.1. The Bertz CT molecular complexity index is 383. The molecule has 0 heterocycles. The normalized spacial score (nSPS) is 18.6. The molecule has 4 heteroatoms. The van der Waals surface area contributed by atoms with Crippen LogP contribution in [0.2, 0.25) is 0 Å². The lowest BCUT2D eigenvalue weighted by molar-refractivity contribution is 0.241. The molecule has 1 aliphatic carbocycles. The van der Waals surface area contributed by atoms with Crippen LogP contribution in [0.5, 0.6) is 5.75 Å². The predicted octanol–water partition coefficient (Wildman–Crippen LogP) is 2.05. The van der Waals surface area contributed by atoms with Crippen molar-refractivity contribution in [3.8, 4) is 5.75 Å². The molecule has 15 heavy (non-hydrogen) atoms. The number of nitrogens with two attached hydrogens (primary N) is 1. The summed E-state index contributed by atoms with van der Waals surface area (Å²) in [5.74, 6) is -2.78. The SMILES string of the molecule is NCC1(c2ccc(O)c(F)c2F)CCC1. The number of halogens is 2. The van der Waals surface area contributed by atoms with Crippen LogP contribution >= 0.6 is 0 Å². The van der Waals surface area contributed by atoms with Gasteiger partial charge in [0.1, 0.15) is 0 Å². The summed E-state index contributed by atoms with van der Waals surface area (Å²) in [6, 6.07) is 2.61. The molecule has 0 amide bonds. The van der Waals surface area contributed by atoms with Crippen LogP contribution in [-0.2, 0) is 5.41 Å². The Morgan fingerprint density at radius 2 is 1.93 bits per heavy atom. The summed E-state index contributed by atoms with van der Waals surface area (Å²) in [7, 11) is 0. The summed E-state index contributed by atoms with van der Waals surface area (Å²) in [5, 5.41) is 9.01. The molecule has 1 saturated carbocycles. The van der Waals surface area contributed by atoms with Crippen molar-refractivity contribution in [2.45, 2.75) is 24.7 Å². The lowest BCUT2D eigenvalue weighted by Crippen LogP contribution is -2.42. The Kier molecular flexibility index (Phi) is 2.38. The van der Waals surface area contributed by atoms with Gasteiger partial charge in [-0.15, -0.1) is 0 Å². The molecule has 0 atom stereocenters. The number of phenolic OH excluding ortho intramolecular Hbond substituents is 1. The molecule has 2 rings (SSSR count). The van der Waals surface area contributed by atoms with E-state index in [0.717, 1.165) is 19.3 Å². The van der Waals surface area contributed by atoms with Crippen molar-refractivity contribution < 1.29 is 13.9 Å². The van der Waals surface area contributed by atoms with E-state index in [-0.39, 0.29) is 0 Å². The van der Waals surface area contributed by atoms with Gasteiger partial charge in [0.2, 0.25) is 5.82 Å². The van der Waals surface area contributed by atoms with E-state index in [1.165, 1.54) is 12.1 Å². The molecule has 0 aromatic heterocycles. The van der Waals surface area contributed by atoms with Crippen LogP contribution in [0.1, 0.15) is 24.8 Å². The highest BCUT2D eigenvalue weighted by Crippen LogP contribution is 2.44. The molecule has 0 spiro atoms. The fourth-order valence-corrected chi connectivity index (χ4v) is 2.14. The van der Waals surface area contributed by atoms with Crippen molar-refractivity contribution in [1.82, 2.24) is 0 Å². The van der Waals surface area contributed by atoms with Gasteiger partial charge in [-0.3, -0.25) is 0 Å². The summed E-state index contributed by atoms with van der Waals surface area (Å²) in [4.78, 5) is 0. The zero-order valence-electron chi connectivity index (χ0n) is 8.26. The molecule has 0 aliphatic heterocycles. The van der Waals surface area contributed by atoms with Gasteiger partial charge in [0, 0.05) is 12.0 Å². The number of aromatic hydroxyl groups is 1. The van der Waals surface area contributed by atoms with Crippen molar-refractivity contribution in [3.63, 3.8) is 0 Å². The molecule has 2 nitrogen and oxygen atoms in total. The Morgan fingerprint density at radius 3 is 2.40 bits per heavy atom. The second kappa shape index (κ2) is 3.45. The van der Waals surface area contributed by atoms with E-state index in [0.29, 0.717) is 12.1 Å². The third kappa shape index (κ3) is 1.40. The van der Waals surface area contributed by atoms with Crippen LogP contribution in [0.25, 0.3) is 0 Å². The Balaban J connectivity index is 2.49. The maximum atomic E-state index is 13.6. The van der Waals surface area contributed by atoms with Gasteiger partial charge in [-0.1, -0.05) is 12.5 Å². The lowest BCUT2D eigenvalue weighted by atomic mass is 9.64. The summed E-state index contributed by atoms with van der Waals surface area (Å²) in [5.41, 5.74) is 5.49. The van der Waals surface area contributed by atoms with E-state index in [9.17, 15) is 8.78 Å². The van der Waals surface area contributed by atoms with E-state index in [4.69, 9.17) is 10.8 Å². The molecule has 82 valence electrons. The third-order valence-corrected chi connectivity index (χ3v) is 3.33. The maximum absolute atomic E-state index is 13.6. The maximum Gasteiger partial charge on any atom is 0.200 e. The Labute approximate surface area is 86.7 Å². The lowest BCUT2D eigenvalue weighted by Gasteiger charge is -2.41. The largest absolute Gasteiger partial charge is 0.505 e. The predicted molar refractivity (Wildman–Crippen MR) is 52.6 cm³/mol. The van der Waals surface area contributed by atoms with Crippen molar-refractivity contribution in [2.24, 2.45) is 5.73 Å². The van der Waals surface area contributed by atoms with Gasteiger partial charge < -0.3 is 10.8 Å². The molecule has 1 fully saturated rings. The first-order valence-electron chi connectivity index (χ1n) is 4.98. The first-order valence-corrected chi connectivity index (χ1v) is 4.98. The summed E-state index contributed by atoms with van der Waals surface area (Å²) >= 11 is 0. The monoisotopic (exact) mass is 213 g/mol. The molecular weight excluding hydrogens is 200 g/mol. The van der Waals surface area contributed by atoms with Crippen LogP contribution in [-0.4, -0.2) is 11.7 Å². The number of phenols is 1. The van der Waals surface area contributed by atoms with Crippen LogP contribution in [0.15, 0.2) is 12.1 Å². The molecule has 1 aromatic carbocycles. The van der Waals surface area contributed by atoms with E-state index in [1.807, 2.05) is 0 Å². The van der Waals surface area contributed by atoms with Gasteiger partial charge in [-0.25, -0.2) is 4.39 Å². The van der Waals surface area contributed by atoms with Gasteiger partial charge >= 0.3 is 0 Å². The van der Waals surface area contributed by atoms with Gasteiger partial charge in [0.25, 0.3) is 0 Å². The van der Waals surface area contributed by atoms with Gasteiger partial charge in [0.05, 0.1) is 0 Å². The highest BCUT2D eigenvalue weighted by molar-refractivity contribution is 5.36. The van der Waals surface area contributed by atoms with E-state index >= 15 is 0 Å².